The fraction of sp³-hybridized carbons (Fsp3) is 0.500. The molecule has 1 aromatic heterocycles. The zero-order chi connectivity index (χ0) is 10.4. The van der Waals surface area contributed by atoms with E-state index in [0.29, 0.717) is 0 Å². The Bertz CT molecular complexity index is 318. The summed E-state index contributed by atoms with van der Waals surface area (Å²) in [6, 6.07) is 0. The van der Waals surface area contributed by atoms with Crippen LogP contribution in [0.4, 0.5) is 0 Å². The molecule has 0 N–H and O–H groups in total. The lowest BCUT2D eigenvalue weighted by atomic mass is 10.2. The van der Waals surface area contributed by atoms with Crippen LogP contribution in [0, 0.1) is 0 Å². The lowest BCUT2D eigenvalue weighted by molar-refractivity contribution is 0.857. The lowest BCUT2D eigenvalue weighted by Gasteiger charge is -1.97. The summed E-state index contributed by atoms with van der Waals surface area (Å²) < 4.78 is 1.62. The molecular weight excluding hydrogens is 176 g/mol. The molecule has 0 fully saturated rings. The first-order valence-electron chi connectivity index (χ1n) is 4.71. The molecule has 14 heavy (non-hydrogen) atoms. The highest BCUT2D eigenvalue weighted by Crippen LogP contribution is 1.99. The van der Waals surface area contributed by atoms with Crippen molar-refractivity contribution in [3.8, 4) is 0 Å². The number of hydrogen-bond acceptors (Lipinski definition) is 3. The van der Waals surface area contributed by atoms with E-state index in [0.717, 1.165) is 18.6 Å². The zero-order valence-corrected chi connectivity index (χ0v) is 8.94. The van der Waals surface area contributed by atoms with Crippen molar-refractivity contribution in [3.63, 3.8) is 0 Å². The summed E-state index contributed by atoms with van der Waals surface area (Å²) in [7, 11) is 0. The van der Waals surface area contributed by atoms with Crippen LogP contribution in [-0.2, 0) is 0 Å². The summed E-state index contributed by atoms with van der Waals surface area (Å²) in [6.45, 7) is 6.22. The maximum atomic E-state index is 4.29. The van der Waals surface area contributed by atoms with Gasteiger partial charge in [-0.25, -0.2) is 4.68 Å². The van der Waals surface area contributed by atoms with Gasteiger partial charge < -0.3 is 0 Å². The average Bonchev–Trinajstić information content (AvgIpc) is 2.56. The molecule has 0 aliphatic carbocycles. The Morgan fingerprint density at radius 2 is 1.93 bits per heavy atom. The van der Waals surface area contributed by atoms with Crippen LogP contribution < -0.4 is 0 Å². The van der Waals surface area contributed by atoms with Crippen LogP contribution in [0.25, 0.3) is 0 Å². The molecule has 0 saturated carbocycles. The van der Waals surface area contributed by atoms with E-state index in [-0.39, 0.29) is 0 Å². The number of allylic oxidation sites excluding steroid dienone is 2. The zero-order valence-electron chi connectivity index (χ0n) is 8.94. The third kappa shape index (κ3) is 3.98. The maximum Gasteiger partial charge on any atom is 0.141 e. The summed E-state index contributed by atoms with van der Waals surface area (Å²) in [5, 5.41) is 11.7. The van der Waals surface area contributed by atoms with Gasteiger partial charge in [0.15, 0.2) is 0 Å². The number of aromatic nitrogens is 3. The topological polar surface area (TPSA) is 43.1 Å². The van der Waals surface area contributed by atoms with Crippen LogP contribution in [-0.4, -0.2) is 20.6 Å². The smallest absolute Gasteiger partial charge is 0.141 e. The molecule has 76 valence electrons. The highest BCUT2D eigenvalue weighted by molar-refractivity contribution is 5.81. The number of nitrogens with zero attached hydrogens (tertiary/aromatic N) is 4. The molecule has 4 nitrogen and oxygen atoms in total. The predicted molar refractivity (Wildman–Crippen MR) is 57.2 cm³/mol. The highest BCUT2D eigenvalue weighted by Gasteiger charge is 1.91. The Morgan fingerprint density at radius 3 is 2.50 bits per heavy atom. The molecule has 1 rings (SSSR count). The molecular formula is C10H16N4. The minimum atomic E-state index is 0.976. The van der Waals surface area contributed by atoms with E-state index >= 15 is 0 Å². The fourth-order valence-electron chi connectivity index (χ4n) is 1.06. The van der Waals surface area contributed by atoms with E-state index in [9.17, 15) is 0 Å². The van der Waals surface area contributed by atoms with Crippen LogP contribution >= 0.6 is 0 Å². The van der Waals surface area contributed by atoms with Gasteiger partial charge in [-0.05, 0) is 33.6 Å². The molecule has 0 amide bonds. The monoisotopic (exact) mass is 192 g/mol. The molecule has 0 atom stereocenters. The molecule has 0 saturated heterocycles. The van der Waals surface area contributed by atoms with Gasteiger partial charge in [0.2, 0.25) is 0 Å². The summed E-state index contributed by atoms with van der Waals surface area (Å²) >= 11 is 0. The molecule has 1 aromatic rings. The molecule has 4 heteroatoms. The molecule has 0 unspecified atom stereocenters. The maximum absolute atomic E-state index is 4.29. The fourth-order valence-corrected chi connectivity index (χ4v) is 1.06. The predicted octanol–water partition coefficient (Wildman–Crippen LogP) is 2.25. The minimum absolute atomic E-state index is 0.976. The van der Waals surface area contributed by atoms with Crippen molar-refractivity contribution < 1.29 is 0 Å². The van der Waals surface area contributed by atoms with Crippen LogP contribution in [0.5, 0.6) is 0 Å². The van der Waals surface area contributed by atoms with Gasteiger partial charge in [0.25, 0.3) is 0 Å². The van der Waals surface area contributed by atoms with Crippen molar-refractivity contribution in [2.24, 2.45) is 5.10 Å². The van der Waals surface area contributed by atoms with E-state index < -0.39 is 0 Å². The van der Waals surface area contributed by atoms with Gasteiger partial charge in [0.05, 0.1) is 0 Å². The largest absolute Gasteiger partial charge is 0.208 e. The first kappa shape index (κ1) is 10.6. The molecule has 1 heterocycles. The third-order valence-corrected chi connectivity index (χ3v) is 1.75. The van der Waals surface area contributed by atoms with Crippen molar-refractivity contribution in [1.82, 2.24) is 14.9 Å². The Morgan fingerprint density at radius 1 is 1.29 bits per heavy atom. The van der Waals surface area contributed by atoms with Gasteiger partial charge in [-0.15, -0.1) is 10.2 Å². The standard InChI is InChI=1S/C10H16N4/c1-9(2)5-4-6-10(3)13-14-7-11-12-8-14/h5,7-8H,4,6H2,1-3H3/b13-10+. The van der Waals surface area contributed by atoms with E-state index in [2.05, 4.69) is 35.2 Å². The van der Waals surface area contributed by atoms with Gasteiger partial charge in [-0.1, -0.05) is 11.6 Å². The van der Waals surface area contributed by atoms with Crippen LogP contribution in [0.15, 0.2) is 29.4 Å². The van der Waals surface area contributed by atoms with Crippen molar-refractivity contribution in [1.29, 1.82) is 0 Å². The second-order valence-corrected chi connectivity index (χ2v) is 3.50. The summed E-state index contributed by atoms with van der Waals surface area (Å²) in [5.74, 6) is 0. The Labute approximate surface area is 84.4 Å². The van der Waals surface area contributed by atoms with Crippen LogP contribution in [0.2, 0.25) is 0 Å². The molecule has 0 aromatic carbocycles. The summed E-state index contributed by atoms with van der Waals surface area (Å²) in [4.78, 5) is 0. The second-order valence-electron chi connectivity index (χ2n) is 3.50. The number of rotatable bonds is 4. The van der Waals surface area contributed by atoms with Crippen molar-refractivity contribution in [2.75, 3.05) is 0 Å². The number of hydrogen-bond donors (Lipinski definition) is 0. The average molecular weight is 192 g/mol. The van der Waals surface area contributed by atoms with E-state index in [1.807, 2.05) is 6.92 Å². The molecule has 0 bridgehead atoms. The SMILES string of the molecule is CC(C)=CCC/C(C)=N/n1cnnc1. The van der Waals surface area contributed by atoms with Gasteiger partial charge in [0.1, 0.15) is 12.7 Å². The summed E-state index contributed by atoms with van der Waals surface area (Å²) in [6.07, 6.45) is 7.41. The molecule has 0 spiro atoms. The molecule has 0 aliphatic rings. The normalized spacial score (nSPS) is 11.5. The van der Waals surface area contributed by atoms with E-state index in [1.54, 1.807) is 17.3 Å². The van der Waals surface area contributed by atoms with Gasteiger partial charge in [-0.2, -0.15) is 5.10 Å². The third-order valence-electron chi connectivity index (χ3n) is 1.75. The van der Waals surface area contributed by atoms with E-state index in [4.69, 9.17) is 0 Å². The first-order chi connectivity index (χ1) is 6.68. The van der Waals surface area contributed by atoms with Crippen molar-refractivity contribution in [2.45, 2.75) is 33.6 Å². The molecule has 0 radical (unpaired) electrons. The van der Waals surface area contributed by atoms with Gasteiger partial charge in [-0.3, -0.25) is 0 Å². The lowest BCUT2D eigenvalue weighted by Crippen LogP contribution is -1.95. The Hall–Kier alpha value is -1.45. The minimum Gasteiger partial charge on any atom is -0.208 e. The molecule has 0 aliphatic heterocycles. The Kier molecular flexibility index (Phi) is 4.04. The van der Waals surface area contributed by atoms with Crippen molar-refractivity contribution >= 4 is 5.71 Å². The van der Waals surface area contributed by atoms with E-state index in [1.165, 1.54) is 5.57 Å². The van der Waals surface area contributed by atoms with Crippen LogP contribution in [0.1, 0.15) is 33.6 Å². The Balaban J connectivity index is 2.42. The highest BCUT2D eigenvalue weighted by atomic mass is 15.4. The van der Waals surface area contributed by atoms with Crippen LogP contribution in [0.3, 0.4) is 0 Å². The van der Waals surface area contributed by atoms with Gasteiger partial charge >= 0.3 is 0 Å². The summed E-state index contributed by atoms with van der Waals surface area (Å²) in [5.41, 5.74) is 2.43. The van der Waals surface area contributed by atoms with Crippen molar-refractivity contribution in [3.05, 3.63) is 24.3 Å². The second kappa shape index (κ2) is 5.32. The first-order valence-corrected chi connectivity index (χ1v) is 4.71. The van der Waals surface area contributed by atoms with Gasteiger partial charge in [0, 0.05) is 5.71 Å². The quantitative estimate of drug-likeness (QED) is 0.542.